The summed E-state index contributed by atoms with van der Waals surface area (Å²) in [6.45, 7) is 3.72. The molecular formula is C13H19N3O4S. The van der Waals surface area contributed by atoms with E-state index in [0.29, 0.717) is 6.54 Å². The van der Waals surface area contributed by atoms with Crippen LogP contribution in [0.25, 0.3) is 0 Å². The zero-order valence-electron chi connectivity index (χ0n) is 11.9. The van der Waals surface area contributed by atoms with Gasteiger partial charge in [0.05, 0.1) is 6.54 Å². The highest BCUT2D eigenvalue weighted by atomic mass is 32.1. The van der Waals surface area contributed by atoms with Crippen molar-refractivity contribution in [1.29, 1.82) is 0 Å². The van der Waals surface area contributed by atoms with Crippen LogP contribution in [0.1, 0.15) is 18.7 Å². The molecule has 1 aromatic heterocycles. The predicted molar refractivity (Wildman–Crippen MR) is 79.4 cm³/mol. The van der Waals surface area contributed by atoms with Gasteiger partial charge in [-0.1, -0.05) is 19.9 Å². The van der Waals surface area contributed by atoms with Crippen molar-refractivity contribution in [3.8, 4) is 0 Å². The summed E-state index contributed by atoms with van der Waals surface area (Å²) in [5.74, 6) is -1.68. The molecule has 0 aromatic carbocycles. The molecule has 0 fully saturated rings. The van der Waals surface area contributed by atoms with Crippen LogP contribution in [0.15, 0.2) is 17.5 Å². The minimum Gasteiger partial charge on any atom is -0.480 e. The molecule has 1 aromatic rings. The van der Waals surface area contributed by atoms with Crippen LogP contribution < -0.4 is 16.0 Å². The van der Waals surface area contributed by atoms with Gasteiger partial charge in [-0.25, -0.2) is 4.79 Å². The van der Waals surface area contributed by atoms with E-state index in [1.54, 1.807) is 11.3 Å². The summed E-state index contributed by atoms with van der Waals surface area (Å²) in [5, 5.41) is 17.6. The second-order valence-electron chi connectivity index (χ2n) is 5.07. The summed E-state index contributed by atoms with van der Waals surface area (Å²) < 4.78 is 0. The van der Waals surface area contributed by atoms with Crippen LogP contribution in [0.2, 0.25) is 0 Å². The number of nitrogens with one attached hydrogen (secondary N) is 3. The molecule has 0 spiro atoms. The first-order chi connectivity index (χ1) is 9.81. The third-order valence-corrected chi connectivity index (χ3v) is 3.96. The van der Waals surface area contributed by atoms with Gasteiger partial charge in [-0.15, -0.1) is 11.3 Å². The molecule has 0 unspecified atom stereocenters. The van der Waals surface area contributed by atoms with Crippen LogP contribution >= 0.6 is 11.3 Å². The molecule has 0 saturated heterocycles. The maximum atomic E-state index is 11.6. The molecule has 4 N–H and O–H groups in total. The fourth-order valence-electron chi connectivity index (χ4n) is 1.51. The van der Waals surface area contributed by atoms with E-state index in [9.17, 15) is 14.4 Å². The van der Waals surface area contributed by atoms with Crippen LogP contribution in [0.3, 0.4) is 0 Å². The van der Waals surface area contributed by atoms with E-state index in [1.807, 2.05) is 31.4 Å². The topological polar surface area (TPSA) is 108 Å². The monoisotopic (exact) mass is 313 g/mol. The standard InChI is InChI=1S/C13H19N3O4S/c1-13(2,9-4-3-5-21-9)8-16-12(20)15-6-10(17)14-7-11(18)19/h3-5H,6-8H2,1-2H3,(H,14,17)(H,18,19)(H2,15,16,20). The number of hydrogen-bond donors (Lipinski definition) is 4. The first-order valence-electron chi connectivity index (χ1n) is 6.35. The van der Waals surface area contributed by atoms with Crippen molar-refractivity contribution in [2.24, 2.45) is 0 Å². The first kappa shape index (κ1) is 17.0. The lowest BCUT2D eigenvalue weighted by atomic mass is 9.91. The second-order valence-corrected chi connectivity index (χ2v) is 6.02. The van der Waals surface area contributed by atoms with E-state index in [0.717, 1.165) is 4.88 Å². The Morgan fingerprint density at radius 3 is 2.48 bits per heavy atom. The molecule has 0 atom stereocenters. The molecule has 8 heteroatoms. The lowest BCUT2D eigenvalue weighted by Crippen LogP contribution is -2.46. The number of aliphatic carboxylic acids is 1. The zero-order valence-corrected chi connectivity index (χ0v) is 12.8. The first-order valence-corrected chi connectivity index (χ1v) is 7.23. The van der Waals surface area contributed by atoms with Gasteiger partial charge in [-0.05, 0) is 11.4 Å². The Kier molecular flexibility index (Phi) is 6.16. The van der Waals surface area contributed by atoms with Gasteiger partial charge in [-0.2, -0.15) is 0 Å². The summed E-state index contributed by atoms with van der Waals surface area (Å²) >= 11 is 1.62. The Bertz CT molecular complexity index is 500. The quantitative estimate of drug-likeness (QED) is 0.589. The fourth-order valence-corrected chi connectivity index (χ4v) is 2.36. The van der Waals surface area contributed by atoms with E-state index >= 15 is 0 Å². The zero-order chi connectivity index (χ0) is 15.9. The highest BCUT2D eigenvalue weighted by molar-refractivity contribution is 7.10. The minimum absolute atomic E-state index is 0.197. The number of rotatable bonds is 7. The summed E-state index contributed by atoms with van der Waals surface area (Å²) in [6.07, 6.45) is 0. The number of carboxylic acid groups (broad SMARTS) is 1. The smallest absolute Gasteiger partial charge is 0.322 e. The average Bonchev–Trinajstić information content (AvgIpc) is 2.95. The van der Waals surface area contributed by atoms with Gasteiger partial charge < -0.3 is 21.1 Å². The Hall–Kier alpha value is -2.09. The number of urea groups is 1. The van der Waals surface area contributed by atoms with Gasteiger partial charge in [-0.3, -0.25) is 9.59 Å². The Morgan fingerprint density at radius 1 is 1.19 bits per heavy atom. The molecule has 0 saturated carbocycles. The van der Waals surface area contributed by atoms with Crippen molar-refractivity contribution in [2.45, 2.75) is 19.3 Å². The van der Waals surface area contributed by atoms with Gasteiger partial charge >= 0.3 is 12.0 Å². The van der Waals surface area contributed by atoms with Crippen LogP contribution in [0, 0.1) is 0 Å². The largest absolute Gasteiger partial charge is 0.480 e. The van der Waals surface area contributed by atoms with Crippen LogP contribution in [0.4, 0.5) is 4.79 Å². The average molecular weight is 313 g/mol. The van der Waals surface area contributed by atoms with Crippen LogP contribution in [0.5, 0.6) is 0 Å². The van der Waals surface area contributed by atoms with E-state index < -0.39 is 24.5 Å². The van der Waals surface area contributed by atoms with E-state index in [2.05, 4.69) is 16.0 Å². The lowest BCUT2D eigenvalue weighted by molar-refractivity contribution is -0.137. The third kappa shape index (κ3) is 6.26. The fraction of sp³-hybridized carbons (Fsp3) is 0.462. The number of thiophene rings is 1. The van der Waals surface area contributed by atoms with Crippen molar-refractivity contribution < 1.29 is 19.5 Å². The molecular weight excluding hydrogens is 294 g/mol. The summed E-state index contributed by atoms with van der Waals surface area (Å²) in [4.78, 5) is 34.2. The molecule has 0 radical (unpaired) electrons. The molecule has 0 aliphatic carbocycles. The summed E-state index contributed by atoms with van der Waals surface area (Å²) in [7, 11) is 0. The van der Waals surface area contributed by atoms with E-state index in [4.69, 9.17) is 5.11 Å². The van der Waals surface area contributed by atoms with Crippen molar-refractivity contribution in [3.63, 3.8) is 0 Å². The Balaban J connectivity index is 2.28. The maximum absolute atomic E-state index is 11.6. The second kappa shape index (κ2) is 7.63. The number of amides is 3. The predicted octanol–water partition coefficient (Wildman–Crippen LogP) is 0.526. The molecule has 1 heterocycles. The van der Waals surface area contributed by atoms with Gasteiger partial charge in [0.15, 0.2) is 0 Å². The molecule has 0 aliphatic rings. The van der Waals surface area contributed by atoms with Crippen molar-refractivity contribution in [2.75, 3.05) is 19.6 Å². The molecule has 0 aliphatic heterocycles. The Morgan fingerprint density at radius 2 is 1.90 bits per heavy atom. The lowest BCUT2D eigenvalue weighted by Gasteiger charge is -2.23. The molecule has 1 rings (SSSR count). The van der Waals surface area contributed by atoms with Crippen LogP contribution in [-0.2, 0) is 15.0 Å². The van der Waals surface area contributed by atoms with Crippen molar-refractivity contribution in [3.05, 3.63) is 22.4 Å². The van der Waals surface area contributed by atoms with Crippen molar-refractivity contribution >= 4 is 29.2 Å². The van der Waals surface area contributed by atoms with Gasteiger partial charge in [0.2, 0.25) is 5.91 Å². The van der Waals surface area contributed by atoms with Crippen molar-refractivity contribution in [1.82, 2.24) is 16.0 Å². The number of carboxylic acids is 1. The molecule has 3 amide bonds. The van der Waals surface area contributed by atoms with Gasteiger partial charge in [0.1, 0.15) is 6.54 Å². The van der Waals surface area contributed by atoms with E-state index in [1.165, 1.54) is 0 Å². The summed E-state index contributed by atoms with van der Waals surface area (Å²) in [6, 6.07) is 3.49. The SMILES string of the molecule is CC(C)(CNC(=O)NCC(=O)NCC(=O)O)c1cccs1. The summed E-state index contributed by atoms with van der Waals surface area (Å²) in [5.41, 5.74) is -0.197. The highest BCUT2D eigenvalue weighted by Gasteiger charge is 2.22. The van der Waals surface area contributed by atoms with Crippen LogP contribution in [-0.4, -0.2) is 42.6 Å². The number of carbonyl (C=O) groups is 3. The number of hydrogen-bond acceptors (Lipinski definition) is 4. The van der Waals surface area contributed by atoms with Gasteiger partial charge in [0, 0.05) is 16.8 Å². The highest BCUT2D eigenvalue weighted by Crippen LogP contribution is 2.26. The Labute approximate surface area is 126 Å². The van der Waals surface area contributed by atoms with E-state index in [-0.39, 0.29) is 12.0 Å². The molecule has 21 heavy (non-hydrogen) atoms. The molecule has 116 valence electrons. The third-order valence-electron chi connectivity index (χ3n) is 2.73. The minimum atomic E-state index is -1.13. The molecule has 0 bridgehead atoms. The maximum Gasteiger partial charge on any atom is 0.322 e. The normalized spacial score (nSPS) is 10.8. The molecule has 7 nitrogen and oxygen atoms in total. The number of carbonyl (C=O) groups excluding carboxylic acids is 2. The van der Waals surface area contributed by atoms with Gasteiger partial charge in [0.25, 0.3) is 0 Å².